The van der Waals surface area contributed by atoms with Crippen LogP contribution >= 0.6 is 15.6 Å². The number of phosphoric acid groups is 2. The van der Waals surface area contributed by atoms with Crippen molar-refractivity contribution in [1.82, 2.24) is 0 Å². The molecule has 0 aliphatic carbocycles. The van der Waals surface area contributed by atoms with E-state index in [1.807, 2.05) is 0 Å². The van der Waals surface area contributed by atoms with Crippen LogP contribution in [0.4, 0.5) is 0 Å². The molecule has 0 aliphatic rings. The average Bonchev–Trinajstić information content (AvgIpc) is 0.929. The molecular weight excluding hydrogens is 1310 g/mol. The third kappa shape index (κ3) is 73.0. The Hall–Kier alpha value is -1.94. The maximum atomic E-state index is 13.1. The molecule has 0 fully saturated rings. The molecule has 0 aliphatic heterocycles. The lowest BCUT2D eigenvalue weighted by atomic mass is 10.00. The largest absolute Gasteiger partial charge is 0.472 e. The Kier molecular flexibility index (Phi) is 68.7. The number of hydrogen-bond donors (Lipinski definition) is 3. The Labute approximate surface area is 613 Å². The summed E-state index contributed by atoms with van der Waals surface area (Å²) in [5.41, 5.74) is 0. The molecule has 100 heavy (non-hydrogen) atoms. The van der Waals surface area contributed by atoms with E-state index in [-0.39, 0.29) is 25.7 Å². The highest BCUT2D eigenvalue weighted by Gasteiger charge is 2.30. The molecule has 0 heterocycles. The Morgan fingerprint density at radius 1 is 0.280 bits per heavy atom. The van der Waals surface area contributed by atoms with Crippen LogP contribution in [0.2, 0.25) is 0 Å². The maximum Gasteiger partial charge on any atom is 0.472 e. The number of aliphatic hydroxyl groups excluding tert-OH is 1. The zero-order chi connectivity index (χ0) is 73.8. The van der Waals surface area contributed by atoms with Crippen molar-refractivity contribution in [2.75, 3.05) is 39.6 Å². The van der Waals surface area contributed by atoms with Gasteiger partial charge in [-0.3, -0.25) is 37.3 Å². The molecule has 3 N–H and O–H groups in total. The van der Waals surface area contributed by atoms with Crippen LogP contribution in [-0.4, -0.2) is 96.7 Å². The first-order chi connectivity index (χ1) is 48.1. The summed E-state index contributed by atoms with van der Waals surface area (Å²) in [7, 11) is -9.92. The van der Waals surface area contributed by atoms with Gasteiger partial charge >= 0.3 is 39.5 Å². The van der Waals surface area contributed by atoms with Crippen LogP contribution in [0.15, 0.2) is 0 Å². The molecular formula is C81H158O17P2. The van der Waals surface area contributed by atoms with Crippen LogP contribution in [0.1, 0.15) is 415 Å². The van der Waals surface area contributed by atoms with Crippen molar-refractivity contribution in [3.63, 3.8) is 0 Å². The van der Waals surface area contributed by atoms with E-state index < -0.39 is 97.5 Å². The number of rotatable bonds is 78. The highest BCUT2D eigenvalue weighted by atomic mass is 31.2. The molecule has 0 aromatic rings. The zero-order valence-corrected chi connectivity index (χ0v) is 67.6. The van der Waals surface area contributed by atoms with E-state index in [9.17, 15) is 43.2 Å². The number of aliphatic hydroxyl groups is 1. The van der Waals surface area contributed by atoms with Crippen LogP contribution in [0.25, 0.3) is 0 Å². The molecule has 6 atom stereocenters. The van der Waals surface area contributed by atoms with Crippen molar-refractivity contribution < 1.29 is 80.2 Å². The molecule has 0 radical (unpaired) electrons. The molecule has 0 amide bonds. The van der Waals surface area contributed by atoms with Crippen LogP contribution in [0, 0.1) is 23.7 Å². The van der Waals surface area contributed by atoms with Crippen molar-refractivity contribution in [2.24, 2.45) is 23.7 Å². The SMILES string of the molecule is CCC(C)CCCCCCCCC(=O)OC[C@H](COP(=O)(O)OC[C@H](O)COP(=O)(O)OC[C@@H](COC(=O)CCCCCCCCCCCCCCCCCC(C)C)OC(=O)CCCCCCCCCCCCCCCCCCC(C)C)OC(=O)CCCCCCCCCCCCC(C)C. The summed E-state index contributed by atoms with van der Waals surface area (Å²) >= 11 is 0. The number of carbonyl (C=O) groups is 4. The summed E-state index contributed by atoms with van der Waals surface area (Å²) in [5, 5.41) is 10.6. The van der Waals surface area contributed by atoms with Crippen molar-refractivity contribution in [3.05, 3.63) is 0 Å². The number of unbranched alkanes of at least 4 members (excludes halogenated alkanes) is 43. The summed E-state index contributed by atoms with van der Waals surface area (Å²) in [6.07, 6.45) is 57.0. The van der Waals surface area contributed by atoms with Gasteiger partial charge < -0.3 is 33.8 Å². The standard InChI is InChI=1S/C81H158O17P2/c1-9-74(8)60-52-44-39-40-46-54-62-79(84)92-68-77(98-81(86)64-56-48-38-32-26-25-29-35-43-51-59-73(6)7)70-96-100(89,90)94-66-75(82)65-93-99(87,88)95-69-76(67-91-78(83)61-53-45-36-30-23-19-16-12-14-18-22-28-34-42-50-58-72(4)5)97-80(85)63-55-47-37-31-24-20-15-11-10-13-17-21-27-33-41-49-57-71(2)3/h71-77,82H,9-70H2,1-8H3,(H,87,88)(H,89,90)/t74?,75-,76-,77-/m1/s1. The fourth-order valence-corrected chi connectivity index (χ4v) is 14.0. The monoisotopic (exact) mass is 1470 g/mol. The van der Waals surface area contributed by atoms with Crippen LogP contribution < -0.4 is 0 Å². The predicted octanol–water partition coefficient (Wildman–Crippen LogP) is 24.0. The molecule has 0 spiro atoms. The molecule has 0 rings (SSSR count). The van der Waals surface area contributed by atoms with E-state index in [1.54, 1.807) is 0 Å². The second-order valence-electron chi connectivity index (χ2n) is 30.8. The fourth-order valence-electron chi connectivity index (χ4n) is 12.4. The smallest absolute Gasteiger partial charge is 0.462 e. The maximum absolute atomic E-state index is 13.1. The molecule has 0 aromatic carbocycles. The fraction of sp³-hybridized carbons (Fsp3) is 0.951. The van der Waals surface area contributed by atoms with E-state index in [1.165, 1.54) is 212 Å². The van der Waals surface area contributed by atoms with Gasteiger partial charge in [-0.1, -0.05) is 364 Å². The second kappa shape index (κ2) is 70.1. The first-order valence-corrected chi connectivity index (χ1v) is 44.7. The van der Waals surface area contributed by atoms with E-state index in [0.717, 1.165) is 120 Å². The summed E-state index contributed by atoms with van der Waals surface area (Å²) < 4.78 is 68.7. The minimum Gasteiger partial charge on any atom is -0.462 e. The lowest BCUT2D eigenvalue weighted by Gasteiger charge is -2.21. The molecule has 0 saturated heterocycles. The van der Waals surface area contributed by atoms with Gasteiger partial charge in [-0.15, -0.1) is 0 Å². The number of esters is 4. The molecule has 17 nitrogen and oxygen atoms in total. The summed E-state index contributed by atoms with van der Waals surface area (Å²) in [6.45, 7) is 14.2. The van der Waals surface area contributed by atoms with Gasteiger partial charge in [-0.2, -0.15) is 0 Å². The van der Waals surface area contributed by atoms with Crippen LogP contribution in [-0.2, 0) is 65.4 Å². The molecule has 0 saturated carbocycles. The predicted molar refractivity (Wildman–Crippen MR) is 409 cm³/mol. The van der Waals surface area contributed by atoms with Gasteiger partial charge in [0.25, 0.3) is 0 Å². The minimum absolute atomic E-state index is 0.105. The first-order valence-electron chi connectivity index (χ1n) is 41.7. The quantitative estimate of drug-likeness (QED) is 0.0222. The van der Waals surface area contributed by atoms with E-state index >= 15 is 0 Å². The lowest BCUT2D eigenvalue weighted by Crippen LogP contribution is -2.30. The van der Waals surface area contributed by atoms with Crippen LogP contribution in [0.3, 0.4) is 0 Å². The molecule has 0 aromatic heterocycles. The van der Waals surface area contributed by atoms with Crippen molar-refractivity contribution in [3.8, 4) is 0 Å². The average molecular weight is 1470 g/mol. The van der Waals surface area contributed by atoms with Gasteiger partial charge in [0, 0.05) is 25.7 Å². The van der Waals surface area contributed by atoms with Gasteiger partial charge in [0.05, 0.1) is 26.4 Å². The van der Waals surface area contributed by atoms with Gasteiger partial charge in [0.2, 0.25) is 0 Å². The molecule has 3 unspecified atom stereocenters. The Balaban J connectivity index is 5.24. The third-order valence-corrected chi connectivity index (χ3v) is 21.1. The molecule has 0 bridgehead atoms. The summed E-state index contributed by atoms with van der Waals surface area (Å²) in [6, 6.07) is 0. The summed E-state index contributed by atoms with van der Waals surface area (Å²) in [5.74, 6) is 0.983. The normalized spacial score (nSPS) is 14.3. The zero-order valence-electron chi connectivity index (χ0n) is 65.8. The topological polar surface area (TPSA) is 237 Å². The van der Waals surface area contributed by atoms with Crippen molar-refractivity contribution >= 4 is 39.5 Å². The van der Waals surface area contributed by atoms with Gasteiger partial charge in [0.1, 0.15) is 19.3 Å². The van der Waals surface area contributed by atoms with Crippen molar-refractivity contribution in [1.29, 1.82) is 0 Å². The Morgan fingerprint density at radius 2 is 0.480 bits per heavy atom. The molecule has 594 valence electrons. The van der Waals surface area contributed by atoms with E-state index in [0.29, 0.717) is 25.7 Å². The molecule has 19 heteroatoms. The first kappa shape index (κ1) is 98.1. The highest BCUT2D eigenvalue weighted by molar-refractivity contribution is 7.47. The number of hydrogen-bond acceptors (Lipinski definition) is 15. The Bertz CT molecular complexity index is 1960. The van der Waals surface area contributed by atoms with Gasteiger partial charge in [-0.25, -0.2) is 9.13 Å². The number of carbonyl (C=O) groups excluding carboxylic acids is 4. The number of ether oxygens (including phenoxy) is 4. The number of phosphoric ester groups is 2. The summed E-state index contributed by atoms with van der Waals surface area (Å²) in [4.78, 5) is 73.0. The van der Waals surface area contributed by atoms with Gasteiger partial charge in [-0.05, 0) is 49.4 Å². The highest BCUT2D eigenvalue weighted by Crippen LogP contribution is 2.45. The van der Waals surface area contributed by atoms with E-state index in [2.05, 4.69) is 55.4 Å². The van der Waals surface area contributed by atoms with E-state index in [4.69, 9.17) is 37.0 Å². The Morgan fingerprint density at radius 3 is 0.710 bits per heavy atom. The lowest BCUT2D eigenvalue weighted by molar-refractivity contribution is -0.161. The second-order valence-corrected chi connectivity index (χ2v) is 33.7. The third-order valence-electron chi connectivity index (χ3n) is 19.2. The minimum atomic E-state index is -4.96. The van der Waals surface area contributed by atoms with Crippen LogP contribution in [0.5, 0.6) is 0 Å². The van der Waals surface area contributed by atoms with Crippen molar-refractivity contribution in [2.45, 2.75) is 433 Å². The van der Waals surface area contributed by atoms with Gasteiger partial charge in [0.15, 0.2) is 12.2 Å².